The molecule has 1 saturated heterocycles. The Hall–Kier alpha value is -1.60. The van der Waals surface area contributed by atoms with Crippen molar-refractivity contribution in [3.05, 3.63) is 23.4 Å². The lowest BCUT2D eigenvalue weighted by Crippen LogP contribution is -2.45. The van der Waals surface area contributed by atoms with Crippen LogP contribution in [-0.4, -0.2) is 30.2 Å². The summed E-state index contributed by atoms with van der Waals surface area (Å²) in [4.78, 5) is 7.02. The van der Waals surface area contributed by atoms with Crippen molar-refractivity contribution in [2.24, 2.45) is 0 Å². The van der Waals surface area contributed by atoms with E-state index in [0.29, 0.717) is 17.6 Å². The van der Waals surface area contributed by atoms with Gasteiger partial charge in [-0.15, -0.1) is 0 Å². The Morgan fingerprint density at radius 3 is 2.85 bits per heavy atom. The zero-order chi connectivity index (χ0) is 13.9. The normalized spacial score (nSPS) is 22.3. The number of aryl methyl sites for hydroxylation is 1. The molecule has 1 unspecified atom stereocenters. The molecule has 2 heterocycles. The van der Waals surface area contributed by atoms with Crippen LogP contribution >= 0.6 is 0 Å². The van der Waals surface area contributed by atoms with E-state index in [0.717, 1.165) is 24.6 Å². The van der Waals surface area contributed by atoms with Crippen LogP contribution in [0.25, 0.3) is 0 Å². The van der Waals surface area contributed by atoms with E-state index in [2.05, 4.69) is 21.3 Å². The first-order chi connectivity index (χ1) is 9.78. The van der Waals surface area contributed by atoms with Gasteiger partial charge in [0.2, 0.25) is 0 Å². The van der Waals surface area contributed by atoms with Crippen molar-refractivity contribution in [1.29, 1.82) is 5.26 Å². The minimum Gasteiger partial charge on any atom is -0.351 e. The molecule has 1 aliphatic heterocycles. The largest absolute Gasteiger partial charge is 0.351 e. The fourth-order valence-corrected chi connectivity index (χ4v) is 2.96. The quantitative estimate of drug-likeness (QED) is 0.912. The summed E-state index contributed by atoms with van der Waals surface area (Å²) in [5, 5.41) is 12.9. The first kappa shape index (κ1) is 13.4. The van der Waals surface area contributed by atoms with Gasteiger partial charge in [-0.1, -0.05) is 6.42 Å². The summed E-state index contributed by atoms with van der Waals surface area (Å²) < 4.78 is 0. The van der Waals surface area contributed by atoms with E-state index in [1.54, 1.807) is 0 Å². The van der Waals surface area contributed by atoms with Gasteiger partial charge in [-0.25, -0.2) is 4.98 Å². The number of nitrogens with zero attached hydrogens (tertiary/aromatic N) is 3. The molecule has 20 heavy (non-hydrogen) atoms. The maximum atomic E-state index is 9.33. The second kappa shape index (κ2) is 5.80. The van der Waals surface area contributed by atoms with E-state index in [-0.39, 0.29) is 0 Å². The predicted octanol–water partition coefficient (Wildman–Crippen LogP) is 2.37. The van der Waals surface area contributed by atoms with Gasteiger partial charge in [0, 0.05) is 24.3 Å². The lowest BCUT2D eigenvalue weighted by atomic mass is 10.0. The zero-order valence-electron chi connectivity index (χ0n) is 12.1. The molecule has 0 aromatic carbocycles. The van der Waals surface area contributed by atoms with Gasteiger partial charge in [-0.05, 0) is 51.3 Å². The highest BCUT2D eigenvalue weighted by molar-refractivity contribution is 5.56. The summed E-state index contributed by atoms with van der Waals surface area (Å²) in [6.07, 6.45) is 6.28. The first-order valence-corrected chi connectivity index (χ1v) is 7.65. The van der Waals surface area contributed by atoms with Crippen LogP contribution < -0.4 is 10.2 Å². The molecule has 1 N–H and O–H groups in total. The lowest BCUT2D eigenvalue weighted by Gasteiger charge is -2.32. The molecule has 1 aliphatic carbocycles. The number of piperidine rings is 1. The Morgan fingerprint density at radius 1 is 1.35 bits per heavy atom. The summed E-state index contributed by atoms with van der Waals surface area (Å²) in [7, 11) is 0. The average Bonchev–Trinajstić information content (AvgIpc) is 3.30. The number of anilines is 1. The molecular weight excluding hydrogens is 248 g/mol. The van der Waals surface area contributed by atoms with Gasteiger partial charge in [0.05, 0.1) is 5.56 Å². The molecule has 106 valence electrons. The van der Waals surface area contributed by atoms with Gasteiger partial charge in [-0.2, -0.15) is 5.26 Å². The standard InChI is InChI=1S/C16H22N4/c1-12-5-6-13(10-17)16(19-12)20(15-7-8-15)11-14-4-2-3-9-18-14/h5-6,14-15,18H,2-4,7-9,11H2,1H3. The van der Waals surface area contributed by atoms with Crippen LogP contribution in [0.5, 0.6) is 0 Å². The van der Waals surface area contributed by atoms with Crippen LogP contribution in [0.2, 0.25) is 0 Å². The minimum atomic E-state index is 0.540. The second-order valence-corrected chi connectivity index (χ2v) is 5.97. The van der Waals surface area contributed by atoms with E-state index in [1.165, 1.54) is 32.1 Å². The van der Waals surface area contributed by atoms with Crippen molar-refractivity contribution in [2.45, 2.75) is 51.1 Å². The zero-order valence-corrected chi connectivity index (χ0v) is 12.1. The highest BCUT2D eigenvalue weighted by Crippen LogP contribution is 2.33. The Bertz CT molecular complexity index is 510. The molecular formula is C16H22N4. The molecule has 0 bridgehead atoms. The first-order valence-electron chi connectivity index (χ1n) is 7.65. The number of rotatable bonds is 4. The SMILES string of the molecule is Cc1ccc(C#N)c(N(CC2CCCCN2)C2CC2)n1. The van der Waals surface area contributed by atoms with E-state index < -0.39 is 0 Å². The molecule has 1 saturated carbocycles. The van der Waals surface area contributed by atoms with Gasteiger partial charge in [-0.3, -0.25) is 0 Å². The molecule has 1 aromatic heterocycles. The lowest BCUT2D eigenvalue weighted by molar-refractivity contribution is 0.397. The van der Waals surface area contributed by atoms with Gasteiger partial charge in [0.25, 0.3) is 0 Å². The molecule has 0 amide bonds. The van der Waals surface area contributed by atoms with Gasteiger partial charge >= 0.3 is 0 Å². The molecule has 4 nitrogen and oxygen atoms in total. The fraction of sp³-hybridized carbons (Fsp3) is 0.625. The molecule has 3 rings (SSSR count). The highest BCUT2D eigenvalue weighted by Gasteiger charge is 2.33. The molecule has 2 fully saturated rings. The van der Waals surface area contributed by atoms with Crippen LogP contribution in [0.3, 0.4) is 0 Å². The summed E-state index contributed by atoms with van der Waals surface area (Å²) in [6.45, 7) is 4.10. The van der Waals surface area contributed by atoms with Crippen LogP contribution in [0.15, 0.2) is 12.1 Å². The van der Waals surface area contributed by atoms with E-state index in [9.17, 15) is 5.26 Å². The summed E-state index contributed by atoms with van der Waals surface area (Å²) >= 11 is 0. The Balaban J connectivity index is 1.83. The van der Waals surface area contributed by atoms with Crippen LogP contribution in [-0.2, 0) is 0 Å². The minimum absolute atomic E-state index is 0.540. The predicted molar refractivity (Wildman–Crippen MR) is 79.7 cm³/mol. The molecule has 2 aliphatic rings. The number of nitriles is 1. The maximum Gasteiger partial charge on any atom is 0.147 e. The second-order valence-electron chi connectivity index (χ2n) is 5.97. The van der Waals surface area contributed by atoms with Crippen LogP contribution in [0, 0.1) is 18.3 Å². The van der Waals surface area contributed by atoms with E-state index in [1.807, 2.05) is 19.1 Å². The number of nitrogens with one attached hydrogen (secondary N) is 1. The van der Waals surface area contributed by atoms with Crippen molar-refractivity contribution in [3.63, 3.8) is 0 Å². The topological polar surface area (TPSA) is 52.0 Å². The average molecular weight is 270 g/mol. The summed E-state index contributed by atoms with van der Waals surface area (Å²) in [5.74, 6) is 0.891. The number of pyridine rings is 1. The third-order valence-electron chi connectivity index (χ3n) is 4.22. The van der Waals surface area contributed by atoms with Crippen molar-refractivity contribution < 1.29 is 0 Å². The number of hydrogen-bond acceptors (Lipinski definition) is 4. The maximum absolute atomic E-state index is 9.33. The smallest absolute Gasteiger partial charge is 0.147 e. The molecule has 1 aromatic rings. The fourth-order valence-electron chi connectivity index (χ4n) is 2.96. The molecule has 4 heteroatoms. The summed E-state index contributed by atoms with van der Waals surface area (Å²) in [6, 6.07) is 7.25. The van der Waals surface area contributed by atoms with Crippen molar-refractivity contribution in [1.82, 2.24) is 10.3 Å². The molecule has 1 atom stereocenters. The highest BCUT2D eigenvalue weighted by atomic mass is 15.3. The van der Waals surface area contributed by atoms with Gasteiger partial charge in [0.1, 0.15) is 11.9 Å². The van der Waals surface area contributed by atoms with E-state index >= 15 is 0 Å². The third-order valence-corrected chi connectivity index (χ3v) is 4.22. The Labute approximate surface area is 120 Å². The van der Waals surface area contributed by atoms with Crippen LogP contribution in [0.1, 0.15) is 43.4 Å². The molecule has 0 spiro atoms. The number of hydrogen-bond donors (Lipinski definition) is 1. The van der Waals surface area contributed by atoms with Crippen LogP contribution in [0.4, 0.5) is 5.82 Å². The monoisotopic (exact) mass is 270 g/mol. The third kappa shape index (κ3) is 2.94. The van der Waals surface area contributed by atoms with Crippen molar-refractivity contribution in [2.75, 3.05) is 18.0 Å². The Kier molecular flexibility index (Phi) is 3.88. The summed E-state index contributed by atoms with van der Waals surface area (Å²) in [5.41, 5.74) is 1.69. The van der Waals surface area contributed by atoms with Gasteiger partial charge < -0.3 is 10.2 Å². The Morgan fingerprint density at radius 2 is 2.20 bits per heavy atom. The van der Waals surface area contributed by atoms with Gasteiger partial charge in [0.15, 0.2) is 0 Å². The molecule has 0 radical (unpaired) electrons. The number of aromatic nitrogens is 1. The van der Waals surface area contributed by atoms with Crippen molar-refractivity contribution >= 4 is 5.82 Å². The van der Waals surface area contributed by atoms with E-state index in [4.69, 9.17) is 0 Å². The van der Waals surface area contributed by atoms with Crippen molar-refractivity contribution in [3.8, 4) is 6.07 Å².